The van der Waals surface area contributed by atoms with Crippen LogP contribution in [0.4, 0.5) is 11.6 Å². The van der Waals surface area contributed by atoms with E-state index in [0.29, 0.717) is 18.8 Å². The zero-order valence-electron chi connectivity index (χ0n) is 15.6. The topological polar surface area (TPSA) is 67.4 Å². The normalized spacial score (nSPS) is 18.6. The lowest BCUT2D eigenvalue weighted by Gasteiger charge is -2.25. The van der Waals surface area contributed by atoms with Crippen LogP contribution in [0.1, 0.15) is 18.4 Å². The van der Waals surface area contributed by atoms with Crippen molar-refractivity contribution in [1.82, 2.24) is 9.97 Å². The van der Waals surface area contributed by atoms with Gasteiger partial charge < -0.3 is 15.0 Å². The molecule has 1 atom stereocenters. The number of nitrogens with one attached hydrogen (secondary N) is 1. The van der Waals surface area contributed by atoms with Gasteiger partial charge in [-0.25, -0.2) is 9.97 Å². The first-order valence-corrected chi connectivity index (χ1v) is 9.81. The lowest BCUT2D eigenvalue weighted by molar-refractivity contribution is -0.121. The maximum absolute atomic E-state index is 13.0. The summed E-state index contributed by atoms with van der Waals surface area (Å²) in [6.45, 7) is 2.26. The first-order valence-electron chi connectivity index (χ1n) is 9.81. The molecule has 3 aromatic rings. The molecule has 142 valence electrons. The van der Waals surface area contributed by atoms with E-state index in [9.17, 15) is 4.79 Å². The highest BCUT2D eigenvalue weighted by atomic mass is 16.5. The van der Waals surface area contributed by atoms with E-state index in [-0.39, 0.29) is 11.8 Å². The van der Waals surface area contributed by atoms with E-state index in [1.807, 2.05) is 48.5 Å². The molecule has 2 aliphatic heterocycles. The van der Waals surface area contributed by atoms with Crippen molar-refractivity contribution in [3.8, 4) is 5.75 Å². The molecule has 0 aliphatic carbocycles. The molecule has 28 heavy (non-hydrogen) atoms. The summed E-state index contributed by atoms with van der Waals surface area (Å²) < 4.78 is 5.79. The van der Waals surface area contributed by atoms with Gasteiger partial charge >= 0.3 is 0 Å². The smallest absolute Gasteiger partial charge is 0.232 e. The molecule has 6 heteroatoms. The maximum atomic E-state index is 13.0. The Morgan fingerprint density at radius 2 is 1.71 bits per heavy atom. The predicted molar refractivity (Wildman–Crippen MR) is 109 cm³/mol. The summed E-state index contributed by atoms with van der Waals surface area (Å²) in [4.78, 5) is 24.7. The Kier molecular flexibility index (Phi) is 4.31. The number of hydrogen-bond acceptors (Lipinski definition) is 5. The van der Waals surface area contributed by atoms with Crippen molar-refractivity contribution in [1.29, 1.82) is 0 Å². The predicted octanol–water partition coefficient (Wildman–Crippen LogP) is 3.42. The van der Waals surface area contributed by atoms with Crippen molar-refractivity contribution in [2.45, 2.75) is 19.3 Å². The number of aromatic nitrogens is 2. The fourth-order valence-electron chi connectivity index (χ4n) is 3.94. The molecule has 3 heterocycles. The summed E-state index contributed by atoms with van der Waals surface area (Å²) in [6.07, 6.45) is 2.94. The van der Waals surface area contributed by atoms with E-state index >= 15 is 0 Å². The molecule has 2 aromatic carbocycles. The standard InChI is InChI=1S/C22H22N4O2/c27-22(16-13-15-7-1-4-10-19(15)28-14-16)25-20-21(26-11-5-6-12-26)24-18-9-3-2-8-17(18)23-20/h1-4,7-10,16H,5-6,11-14H2,(H,23,25,27)/t16-/m1/s1. The zero-order chi connectivity index (χ0) is 18.9. The van der Waals surface area contributed by atoms with Crippen molar-refractivity contribution in [2.75, 3.05) is 29.9 Å². The highest BCUT2D eigenvalue weighted by Gasteiger charge is 2.28. The summed E-state index contributed by atoms with van der Waals surface area (Å²) in [5, 5.41) is 3.05. The summed E-state index contributed by atoms with van der Waals surface area (Å²) >= 11 is 0. The van der Waals surface area contributed by atoms with Crippen LogP contribution < -0.4 is 15.0 Å². The third-order valence-electron chi connectivity index (χ3n) is 5.45. The van der Waals surface area contributed by atoms with E-state index in [4.69, 9.17) is 14.7 Å². The van der Waals surface area contributed by atoms with Gasteiger partial charge in [-0.1, -0.05) is 30.3 Å². The third-order valence-corrected chi connectivity index (χ3v) is 5.45. The van der Waals surface area contributed by atoms with Crippen molar-refractivity contribution < 1.29 is 9.53 Å². The lowest BCUT2D eigenvalue weighted by atomic mass is 9.96. The Hall–Kier alpha value is -3.15. The van der Waals surface area contributed by atoms with Gasteiger partial charge in [0.05, 0.1) is 17.0 Å². The number of carbonyl (C=O) groups excluding carboxylic acids is 1. The molecule has 1 aromatic heterocycles. The van der Waals surface area contributed by atoms with Crippen molar-refractivity contribution >= 4 is 28.6 Å². The Bertz CT molecular complexity index is 1030. The Morgan fingerprint density at radius 3 is 2.54 bits per heavy atom. The summed E-state index contributed by atoms with van der Waals surface area (Å²) in [5.74, 6) is 1.87. The van der Waals surface area contributed by atoms with Gasteiger partial charge in [0.25, 0.3) is 0 Å². The molecule has 1 amide bonds. The van der Waals surface area contributed by atoms with Crippen LogP contribution in [0.3, 0.4) is 0 Å². The number of amides is 1. The first-order chi connectivity index (χ1) is 13.8. The van der Waals surface area contributed by atoms with Crippen molar-refractivity contribution in [3.05, 3.63) is 54.1 Å². The van der Waals surface area contributed by atoms with Crippen LogP contribution in [-0.4, -0.2) is 35.6 Å². The molecule has 0 unspecified atom stereocenters. The number of fused-ring (bicyclic) bond motifs is 2. The first kappa shape index (κ1) is 17.0. The third kappa shape index (κ3) is 3.15. The molecule has 6 nitrogen and oxygen atoms in total. The quantitative estimate of drug-likeness (QED) is 0.761. The fraction of sp³-hybridized carbons (Fsp3) is 0.318. The average Bonchev–Trinajstić information content (AvgIpc) is 3.27. The lowest BCUT2D eigenvalue weighted by Crippen LogP contribution is -2.33. The van der Waals surface area contributed by atoms with Crippen molar-refractivity contribution in [3.63, 3.8) is 0 Å². The molecule has 0 radical (unpaired) electrons. The highest BCUT2D eigenvalue weighted by Crippen LogP contribution is 2.30. The number of carbonyl (C=O) groups is 1. The summed E-state index contributed by atoms with van der Waals surface area (Å²) in [6, 6.07) is 15.7. The fourth-order valence-corrected chi connectivity index (χ4v) is 3.94. The van der Waals surface area contributed by atoms with Gasteiger partial charge in [-0.2, -0.15) is 0 Å². The van der Waals surface area contributed by atoms with E-state index in [1.54, 1.807) is 0 Å². The van der Waals surface area contributed by atoms with Crippen LogP contribution in [0.5, 0.6) is 5.75 Å². The molecule has 0 saturated carbocycles. The minimum absolute atomic E-state index is 0.0699. The van der Waals surface area contributed by atoms with Gasteiger partial charge in [-0.05, 0) is 43.0 Å². The summed E-state index contributed by atoms with van der Waals surface area (Å²) in [7, 11) is 0. The second kappa shape index (κ2) is 7.11. The number of benzene rings is 2. The van der Waals surface area contributed by atoms with Gasteiger partial charge in [0.15, 0.2) is 11.6 Å². The molecule has 1 fully saturated rings. The van der Waals surface area contributed by atoms with Crippen LogP contribution in [0.25, 0.3) is 11.0 Å². The van der Waals surface area contributed by atoms with Crippen LogP contribution >= 0.6 is 0 Å². The van der Waals surface area contributed by atoms with E-state index in [1.165, 1.54) is 0 Å². The Labute approximate surface area is 163 Å². The zero-order valence-corrected chi connectivity index (χ0v) is 15.6. The second-order valence-corrected chi connectivity index (χ2v) is 7.39. The molecule has 0 bridgehead atoms. The number of nitrogens with zero attached hydrogens (tertiary/aromatic N) is 3. The molecular formula is C22H22N4O2. The average molecular weight is 374 g/mol. The monoisotopic (exact) mass is 374 g/mol. The SMILES string of the molecule is O=C(Nc1nc2ccccc2nc1N1CCCC1)[C@H]1COc2ccccc2C1. The van der Waals surface area contributed by atoms with Crippen molar-refractivity contribution in [2.24, 2.45) is 5.92 Å². The number of anilines is 2. The van der Waals surface area contributed by atoms with Crippen LogP contribution in [0.15, 0.2) is 48.5 Å². The number of rotatable bonds is 3. The second-order valence-electron chi connectivity index (χ2n) is 7.39. The number of ether oxygens (including phenoxy) is 1. The van der Waals surface area contributed by atoms with E-state index in [0.717, 1.165) is 54.1 Å². The maximum Gasteiger partial charge on any atom is 0.232 e. The van der Waals surface area contributed by atoms with Gasteiger partial charge in [-0.3, -0.25) is 4.79 Å². The number of para-hydroxylation sites is 3. The van der Waals surface area contributed by atoms with Gasteiger partial charge in [0, 0.05) is 13.1 Å². The Balaban J connectivity index is 1.44. The van der Waals surface area contributed by atoms with E-state index < -0.39 is 0 Å². The van der Waals surface area contributed by atoms with Gasteiger partial charge in [0.1, 0.15) is 12.4 Å². The minimum atomic E-state index is -0.241. The highest BCUT2D eigenvalue weighted by molar-refractivity contribution is 5.96. The molecular weight excluding hydrogens is 352 g/mol. The van der Waals surface area contributed by atoms with Gasteiger partial charge in [-0.15, -0.1) is 0 Å². The molecule has 0 spiro atoms. The number of hydrogen-bond donors (Lipinski definition) is 1. The van der Waals surface area contributed by atoms with Crippen LogP contribution in [0.2, 0.25) is 0 Å². The minimum Gasteiger partial charge on any atom is -0.492 e. The molecule has 1 N–H and O–H groups in total. The Morgan fingerprint density at radius 1 is 1.00 bits per heavy atom. The largest absolute Gasteiger partial charge is 0.492 e. The molecule has 1 saturated heterocycles. The summed E-state index contributed by atoms with van der Waals surface area (Å²) in [5.41, 5.74) is 2.70. The van der Waals surface area contributed by atoms with E-state index in [2.05, 4.69) is 10.2 Å². The van der Waals surface area contributed by atoms with Crippen LogP contribution in [-0.2, 0) is 11.2 Å². The van der Waals surface area contributed by atoms with Crippen LogP contribution in [0, 0.1) is 5.92 Å². The van der Waals surface area contributed by atoms with Gasteiger partial charge in [0.2, 0.25) is 5.91 Å². The molecule has 5 rings (SSSR count). The molecule has 2 aliphatic rings.